The van der Waals surface area contributed by atoms with E-state index in [4.69, 9.17) is 9.47 Å². The number of benzene rings is 4. The number of hydrogen-bond donors (Lipinski definition) is 1. The number of hydrogen-bond acceptors (Lipinski definition) is 8. The van der Waals surface area contributed by atoms with Crippen molar-refractivity contribution in [3.63, 3.8) is 0 Å². The van der Waals surface area contributed by atoms with Gasteiger partial charge in [-0.15, -0.1) is 0 Å². The summed E-state index contributed by atoms with van der Waals surface area (Å²) in [6.07, 6.45) is 3.60. The normalized spacial score (nSPS) is 14.4. The Morgan fingerprint density at radius 1 is 0.656 bits per heavy atom. The van der Waals surface area contributed by atoms with Crippen molar-refractivity contribution in [1.29, 1.82) is 0 Å². The third-order valence-corrected chi connectivity index (χ3v) is 11.3. The number of carbonyl (C=O) groups is 2. The molecule has 4 aromatic carbocycles. The molecule has 1 radical (unpaired) electrons. The zero-order chi connectivity index (χ0) is 46.2. The number of aromatic nitrogens is 2. The Morgan fingerprint density at radius 2 is 1.09 bits per heavy atom. The number of thiol groups is 1. The van der Waals surface area contributed by atoms with E-state index in [2.05, 4.69) is 108 Å². The molecule has 4 heterocycles. The van der Waals surface area contributed by atoms with Gasteiger partial charge in [0.15, 0.2) is 0 Å². The van der Waals surface area contributed by atoms with Crippen molar-refractivity contribution in [3.8, 4) is 0 Å². The fraction of sp³-hybridized carbons (Fsp3) is 0.375. The first-order valence-electron chi connectivity index (χ1n) is 21.3. The van der Waals surface area contributed by atoms with Gasteiger partial charge in [0.1, 0.15) is 22.8 Å². The molecule has 0 N–H and O–H groups in total. The molecule has 2 saturated heterocycles. The molecule has 337 valence electrons. The summed E-state index contributed by atoms with van der Waals surface area (Å²) in [7, 11) is 4.34. The molecule has 64 heavy (non-hydrogen) atoms. The number of amides is 2. The van der Waals surface area contributed by atoms with E-state index in [1.165, 1.54) is 17.5 Å². The summed E-state index contributed by atoms with van der Waals surface area (Å²) < 4.78 is 46.1. The molecule has 0 unspecified atom stereocenters. The van der Waals surface area contributed by atoms with Gasteiger partial charge in [0.2, 0.25) is 0 Å². The Bertz CT molecular complexity index is 2560. The van der Waals surface area contributed by atoms with E-state index in [0.717, 1.165) is 69.6 Å². The van der Waals surface area contributed by atoms with E-state index in [-0.39, 0.29) is 23.8 Å². The molecule has 2 aromatic heterocycles. The summed E-state index contributed by atoms with van der Waals surface area (Å²) in [5, 5.41) is 2.30. The topological polar surface area (TPSA) is 87.8 Å². The number of anilines is 2. The van der Waals surface area contributed by atoms with Crippen LogP contribution >= 0.6 is 28.7 Å². The van der Waals surface area contributed by atoms with Crippen LogP contribution in [0.3, 0.4) is 0 Å². The average Bonchev–Trinajstić information content (AvgIpc) is 3.80. The second-order valence-electron chi connectivity index (χ2n) is 17.7. The fourth-order valence-corrected chi connectivity index (χ4v) is 8.53. The van der Waals surface area contributed by atoms with Crippen LogP contribution in [0.4, 0.5) is 29.7 Å². The Morgan fingerprint density at radius 3 is 1.58 bits per heavy atom. The molecular formula is C48H56BBrF2N7O4S. The van der Waals surface area contributed by atoms with E-state index in [0.29, 0.717) is 39.3 Å². The summed E-state index contributed by atoms with van der Waals surface area (Å²) in [6, 6.07) is 28.1. The molecule has 16 heteroatoms. The van der Waals surface area contributed by atoms with Crippen molar-refractivity contribution in [1.82, 2.24) is 18.9 Å². The number of carbonyl (C=O) groups excluding carboxylic acids is 2. The van der Waals surface area contributed by atoms with Crippen LogP contribution < -0.4 is 9.80 Å². The van der Waals surface area contributed by atoms with E-state index in [1.54, 1.807) is 34.1 Å². The third-order valence-electron chi connectivity index (χ3n) is 10.7. The Kier molecular flexibility index (Phi) is 15.9. The molecule has 0 aliphatic carbocycles. The predicted molar refractivity (Wildman–Crippen MR) is 260 cm³/mol. The standard InChI is InChI=1S/C24H27BrFN3O2.C24H28FN3O2.BHNS/c1-24(2,3)31-23(30)28-12-10-27(11-13-28)20-8-5-9-21-22(20)19(25)16-29(21)15-17-6-4-7-18(26)14-17;1-24(2,3)30-23(29)27-14-12-26(13-15-27)21-8-5-9-22-20(21)10-11-28(22)17-18-6-4-7-19(25)16-18;1-2-3/h4-9,14,16H,10-13,15H2,1-3H3;4-11,16H,12-15,17H2,1-3H3;3H. The second kappa shape index (κ2) is 21.1. The molecule has 11 nitrogen and oxygen atoms in total. The van der Waals surface area contributed by atoms with Crippen molar-refractivity contribution in [2.45, 2.75) is 65.8 Å². The quantitative estimate of drug-likeness (QED) is 0.132. The van der Waals surface area contributed by atoms with Gasteiger partial charge in [-0.3, -0.25) is 0 Å². The van der Waals surface area contributed by atoms with Gasteiger partial charge >= 0.3 is 36.9 Å². The van der Waals surface area contributed by atoms with Gasteiger partial charge in [0, 0.05) is 104 Å². The van der Waals surface area contributed by atoms with Crippen molar-refractivity contribution in [2.24, 2.45) is 4.30 Å². The SMILES string of the molecule is CC(C)(C)OC(=O)N1CCN(c2cccc3c2c(Br)cn3Cc2cccc(F)c2)CC1.CC(C)(C)OC(=O)N1CCN(c2cccc3c2ccn3Cc2cccc(F)c2)CC1.[B]=NS. The maximum absolute atomic E-state index is 13.6. The molecule has 0 bridgehead atoms. The van der Waals surface area contributed by atoms with Crippen LogP contribution in [0.25, 0.3) is 21.8 Å². The van der Waals surface area contributed by atoms with Gasteiger partial charge in [0.25, 0.3) is 0 Å². The number of fused-ring (bicyclic) bond motifs is 2. The van der Waals surface area contributed by atoms with Gasteiger partial charge in [-0.25, -0.2) is 18.4 Å². The third kappa shape index (κ3) is 12.7. The number of nitrogens with zero attached hydrogens (tertiary/aromatic N) is 7. The van der Waals surface area contributed by atoms with Crippen molar-refractivity contribution < 1.29 is 27.8 Å². The summed E-state index contributed by atoms with van der Waals surface area (Å²) in [5.74, 6) is -0.441. The van der Waals surface area contributed by atoms with Gasteiger partial charge in [-0.1, -0.05) is 36.4 Å². The Balaban J connectivity index is 0.000000200. The van der Waals surface area contributed by atoms with Gasteiger partial charge < -0.3 is 38.2 Å². The van der Waals surface area contributed by atoms with Crippen LogP contribution in [-0.2, 0) is 22.6 Å². The van der Waals surface area contributed by atoms with Crippen molar-refractivity contribution >= 4 is 81.8 Å². The number of ether oxygens (including phenoxy) is 2. The minimum atomic E-state index is -0.491. The molecule has 2 amide bonds. The Hall–Kier alpha value is -5.35. The molecule has 0 saturated carbocycles. The molecule has 2 fully saturated rings. The van der Waals surface area contributed by atoms with Crippen LogP contribution in [0, 0.1) is 11.6 Å². The van der Waals surface area contributed by atoms with Crippen molar-refractivity contribution in [3.05, 3.63) is 131 Å². The second-order valence-corrected chi connectivity index (χ2v) is 18.8. The van der Waals surface area contributed by atoms with Crippen LogP contribution in [0.2, 0.25) is 0 Å². The average molecular weight is 956 g/mol. The molecule has 0 atom stereocenters. The van der Waals surface area contributed by atoms with Crippen LogP contribution in [0.5, 0.6) is 0 Å². The summed E-state index contributed by atoms with van der Waals surface area (Å²) in [6.45, 7) is 18.0. The number of halogens is 3. The number of rotatable bonds is 6. The first-order valence-corrected chi connectivity index (χ1v) is 22.5. The maximum atomic E-state index is 13.6. The fourth-order valence-electron chi connectivity index (χ4n) is 7.88. The van der Waals surface area contributed by atoms with Gasteiger partial charge in [-0.05, 0) is 123 Å². The van der Waals surface area contributed by atoms with Crippen molar-refractivity contribution in [2.75, 3.05) is 62.2 Å². The van der Waals surface area contributed by atoms with Gasteiger partial charge in [-0.2, -0.15) is 0 Å². The minimum absolute atomic E-state index is 0.215. The number of piperazine rings is 2. The zero-order valence-electron chi connectivity index (χ0n) is 37.3. The molecular weight excluding hydrogens is 899 g/mol. The van der Waals surface area contributed by atoms with E-state index in [9.17, 15) is 18.4 Å². The van der Waals surface area contributed by atoms with Crippen LogP contribution in [0.1, 0.15) is 52.7 Å². The molecule has 2 aliphatic heterocycles. The molecule has 8 rings (SSSR count). The van der Waals surface area contributed by atoms with E-state index < -0.39 is 11.2 Å². The first-order chi connectivity index (χ1) is 30.4. The Labute approximate surface area is 389 Å². The monoisotopic (exact) mass is 954 g/mol. The predicted octanol–water partition coefficient (Wildman–Crippen LogP) is 10.7. The zero-order valence-corrected chi connectivity index (χ0v) is 39.8. The first kappa shape index (κ1) is 48.1. The summed E-state index contributed by atoms with van der Waals surface area (Å²) >= 11 is 6.92. The molecule has 6 aromatic rings. The summed E-state index contributed by atoms with van der Waals surface area (Å²) in [4.78, 5) is 32.9. The van der Waals surface area contributed by atoms with Crippen LogP contribution in [-0.4, -0.2) is 102 Å². The van der Waals surface area contributed by atoms with E-state index >= 15 is 0 Å². The molecule has 0 spiro atoms. The van der Waals surface area contributed by atoms with Gasteiger partial charge in [0.05, 0.1) is 11.0 Å². The molecule has 2 aliphatic rings. The summed E-state index contributed by atoms with van der Waals surface area (Å²) in [5.41, 5.74) is 5.37. The van der Waals surface area contributed by atoms with Crippen LogP contribution in [0.15, 0.2) is 112 Å². The van der Waals surface area contributed by atoms with E-state index in [1.807, 2.05) is 59.7 Å².